The van der Waals surface area contributed by atoms with Gasteiger partial charge in [-0.15, -0.1) is 0 Å². The summed E-state index contributed by atoms with van der Waals surface area (Å²) < 4.78 is 0. The minimum atomic E-state index is -0.605. The normalized spacial score (nSPS) is 11.3. The number of benzene rings is 2. The van der Waals surface area contributed by atoms with Crippen LogP contribution in [-0.2, 0) is 4.84 Å². The van der Waals surface area contributed by atoms with Crippen LogP contribution in [0.3, 0.4) is 0 Å². The number of hydrogen-bond donors (Lipinski definition) is 1. The van der Waals surface area contributed by atoms with Gasteiger partial charge in [0.2, 0.25) is 0 Å². The van der Waals surface area contributed by atoms with Crippen molar-refractivity contribution >= 4 is 23.4 Å². The van der Waals surface area contributed by atoms with Gasteiger partial charge < -0.3 is 10.6 Å². The van der Waals surface area contributed by atoms with E-state index in [1.807, 2.05) is 38.1 Å². The van der Waals surface area contributed by atoms with Crippen molar-refractivity contribution in [3.63, 3.8) is 0 Å². The summed E-state index contributed by atoms with van der Waals surface area (Å²) in [6.45, 7) is 3.82. The van der Waals surface area contributed by atoms with Gasteiger partial charge in [0, 0.05) is 10.6 Å². The number of carbonyl (C=O) groups excluding carboxylic acids is 1. The summed E-state index contributed by atoms with van der Waals surface area (Å²) in [7, 11) is 0. The molecule has 4 nitrogen and oxygen atoms in total. The fourth-order valence-electron chi connectivity index (χ4n) is 1.64. The predicted octanol–water partition coefficient (Wildman–Crippen LogP) is 3.43. The monoisotopic (exact) mass is 302 g/mol. The van der Waals surface area contributed by atoms with Crippen LogP contribution in [0.15, 0.2) is 47.6 Å². The molecule has 0 saturated carbocycles. The number of nitrogens with zero attached hydrogens (tertiary/aromatic N) is 1. The lowest BCUT2D eigenvalue weighted by atomic mass is 10.1. The van der Waals surface area contributed by atoms with Gasteiger partial charge in [0.1, 0.15) is 0 Å². The van der Waals surface area contributed by atoms with E-state index in [9.17, 15) is 4.79 Å². The van der Waals surface area contributed by atoms with Gasteiger partial charge in [-0.05, 0) is 31.5 Å². The van der Waals surface area contributed by atoms with Crippen LogP contribution in [0.1, 0.15) is 27.0 Å². The lowest BCUT2D eigenvalue weighted by Gasteiger charge is -2.03. The van der Waals surface area contributed by atoms with E-state index >= 15 is 0 Å². The van der Waals surface area contributed by atoms with Crippen LogP contribution in [-0.4, -0.2) is 11.8 Å². The molecule has 5 heteroatoms. The summed E-state index contributed by atoms with van der Waals surface area (Å²) in [4.78, 5) is 16.7. The Hall–Kier alpha value is -2.33. The largest absolute Gasteiger partial charge is 0.380 e. The maximum Gasteiger partial charge on any atom is 0.365 e. The average molecular weight is 303 g/mol. The summed E-state index contributed by atoms with van der Waals surface area (Å²) >= 11 is 5.96. The molecule has 0 aliphatic carbocycles. The van der Waals surface area contributed by atoms with Gasteiger partial charge in [-0.2, -0.15) is 0 Å². The van der Waals surface area contributed by atoms with Crippen molar-refractivity contribution < 1.29 is 9.63 Å². The second kappa shape index (κ2) is 6.41. The van der Waals surface area contributed by atoms with Crippen molar-refractivity contribution in [1.82, 2.24) is 0 Å². The molecular formula is C16H15ClN2O2. The van der Waals surface area contributed by atoms with Crippen molar-refractivity contribution in [3.05, 3.63) is 69.7 Å². The number of rotatable bonds is 3. The third-order valence-corrected chi connectivity index (χ3v) is 3.39. The predicted molar refractivity (Wildman–Crippen MR) is 83.5 cm³/mol. The lowest BCUT2D eigenvalue weighted by molar-refractivity contribution is 0.0516. The maximum absolute atomic E-state index is 11.9. The number of aryl methyl sites for hydroxylation is 2. The number of halogens is 1. The second-order valence-corrected chi connectivity index (χ2v) is 5.09. The Morgan fingerprint density at radius 3 is 2.33 bits per heavy atom. The lowest BCUT2D eigenvalue weighted by Crippen LogP contribution is -2.15. The summed E-state index contributed by atoms with van der Waals surface area (Å²) in [5.74, 6) is -0.464. The van der Waals surface area contributed by atoms with Gasteiger partial charge in [0.05, 0.1) is 5.56 Å². The average Bonchev–Trinajstić information content (AvgIpc) is 2.48. The standard InChI is InChI=1S/C16H15ClN2O2/c1-10-3-6-12(7-4-10)15(18)19-21-16(20)13-8-5-11(2)14(17)9-13/h3-9H,1-2H3,(H2,18,19). The molecule has 0 atom stereocenters. The van der Waals surface area contributed by atoms with Gasteiger partial charge in [0.15, 0.2) is 5.84 Å². The van der Waals surface area contributed by atoms with E-state index in [0.717, 1.165) is 11.1 Å². The first-order valence-electron chi connectivity index (χ1n) is 6.35. The zero-order chi connectivity index (χ0) is 15.4. The molecule has 2 rings (SSSR count). The minimum absolute atomic E-state index is 0.140. The van der Waals surface area contributed by atoms with Gasteiger partial charge in [-0.1, -0.05) is 52.7 Å². The Balaban J connectivity index is 2.10. The van der Waals surface area contributed by atoms with Gasteiger partial charge in [-0.25, -0.2) is 4.79 Å². The number of hydrogen-bond acceptors (Lipinski definition) is 3. The van der Waals surface area contributed by atoms with Crippen LogP contribution in [0.4, 0.5) is 0 Å². The summed E-state index contributed by atoms with van der Waals surface area (Å²) in [6, 6.07) is 12.3. The highest BCUT2D eigenvalue weighted by atomic mass is 35.5. The molecule has 0 bridgehead atoms. The molecule has 2 N–H and O–H groups in total. The van der Waals surface area contributed by atoms with Gasteiger partial charge >= 0.3 is 5.97 Å². The van der Waals surface area contributed by atoms with Crippen molar-refractivity contribution in [2.75, 3.05) is 0 Å². The SMILES string of the molecule is Cc1ccc(/C(N)=N\OC(=O)c2ccc(C)c(Cl)c2)cc1. The Kier molecular flexibility index (Phi) is 4.60. The third kappa shape index (κ3) is 3.83. The van der Waals surface area contributed by atoms with E-state index in [-0.39, 0.29) is 5.84 Å². The molecule has 0 heterocycles. The number of amidine groups is 1. The molecule has 2 aromatic rings. The zero-order valence-electron chi connectivity index (χ0n) is 11.8. The highest BCUT2D eigenvalue weighted by molar-refractivity contribution is 6.31. The third-order valence-electron chi connectivity index (χ3n) is 2.98. The van der Waals surface area contributed by atoms with Crippen LogP contribution in [0.25, 0.3) is 0 Å². The van der Waals surface area contributed by atoms with E-state index in [1.165, 1.54) is 6.07 Å². The molecular weight excluding hydrogens is 288 g/mol. The zero-order valence-corrected chi connectivity index (χ0v) is 12.5. The van der Waals surface area contributed by atoms with E-state index in [4.69, 9.17) is 22.2 Å². The fourth-order valence-corrected chi connectivity index (χ4v) is 1.82. The molecule has 0 spiro atoms. The van der Waals surface area contributed by atoms with E-state index in [0.29, 0.717) is 16.1 Å². The number of oxime groups is 1. The van der Waals surface area contributed by atoms with Crippen LogP contribution < -0.4 is 5.73 Å². The highest BCUT2D eigenvalue weighted by Crippen LogP contribution is 2.17. The van der Waals surface area contributed by atoms with Crippen molar-refractivity contribution in [3.8, 4) is 0 Å². The Morgan fingerprint density at radius 1 is 1.10 bits per heavy atom. The van der Waals surface area contributed by atoms with Crippen molar-refractivity contribution in [2.45, 2.75) is 13.8 Å². The number of carbonyl (C=O) groups is 1. The first kappa shape index (κ1) is 15.1. The Morgan fingerprint density at radius 2 is 1.71 bits per heavy atom. The van der Waals surface area contributed by atoms with Crippen LogP contribution >= 0.6 is 11.6 Å². The van der Waals surface area contributed by atoms with Gasteiger partial charge in [-0.3, -0.25) is 0 Å². The van der Waals surface area contributed by atoms with E-state index in [2.05, 4.69) is 5.16 Å². The summed E-state index contributed by atoms with van der Waals surface area (Å²) in [5.41, 5.74) is 8.78. The fraction of sp³-hybridized carbons (Fsp3) is 0.125. The molecule has 0 aliphatic rings. The molecule has 0 aromatic heterocycles. The first-order chi connectivity index (χ1) is 9.97. The molecule has 21 heavy (non-hydrogen) atoms. The Bertz CT molecular complexity index is 694. The molecule has 0 aliphatic heterocycles. The second-order valence-electron chi connectivity index (χ2n) is 4.69. The summed E-state index contributed by atoms with van der Waals surface area (Å²) in [5, 5.41) is 4.15. The van der Waals surface area contributed by atoms with Crippen LogP contribution in [0.5, 0.6) is 0 Å². The maximum atomic E-state index is 11.9. The van der Waals surface area contributed by atoms with Gasteiger partial charge in [0.25, 0.3) is 0 Å². The van der Waals surface area contributed by atoms with E-state index < -0.39 is 5.97 Å². The molecule has 0 unspecified atom stereocenters. The molecule has 0 amide bonds. The smallest absolute Gasteiger partial charge is 0.365 e. The summed E-state index contributed by atoms with van der Waals surface area (Å²) in [6.07, 6.45) is 0. The molecule has 0 fully saturated rings. The number of nitrogens with two attached hydrogens (primary N) is 1. The molecule has 108 valence electrons. The molecule has 2 aromatic carbocycles. The van der Waals surface area contributed by atoms with Crippen LogP contribution in [0, 0.1) is 13.8 Å². The molecule has 0 radical (unpaired) electrons. The van der Waals surface area contributed by atoms with Crippen molar-refractivity contribution in [1.29, 1.82) is 0 Å². The quantitative estimate of drug-likeness (QED) is 0.409. The van der Waals surface area contributed by atoms with Crippen LogP contribution in [0.2, 0.25) is 5.02 Å². The highest BCUT2D eigenvalue weighted by Gasteiger charge is 2.09. The first-order valence-corrected chi connectivity index (χ1v) is 6.73. The minimum Gasteiger partial charge on any atom is -0.380 e. The van der Waals surface area contributed by atoms with E-state index in [1.54, 1.807) is 12.1 Å². The van der Waals surface area contributed by atoms with Crippen molar-refractivity contribution in [2.24, 2.45) is 10.9 Å². The molecule has 0 saturated heterocycles. The Labute approximate surface area is 128 Å². The topological polar surface area (TPSA) is 64.7 Å².